The van der Waals surface area contributed by atoms with Gasteiger partial charge in [-0.05, 0) is 39.3 Å². The summed E-state index contributed by atoms with van der Waals surface area (Å²) in [5, 5.41) is 6.85. The molecule has 3 N–H and O–H groups in total. The number of nitrogens with one attached hydrogen (secondary N) is 1. The number of aromatic nitrogens is 1. The lowest BCUT2D eigenvalue weighted by Gasteiger charge is -2.14. The Kier molecular flexibility index (Phi) is 4.08. The molecule has 1 heterocycles. The van der Waals surface area contributed by atoms with Crippen LogP contribution in [0.5, 0.6) is 0 Å². The quantitative estimate of drug-likeness (QED) is 0.837. The smallest absolute Gasteiger partial charge is 0.253 e. The Hall–Kier alpha value is -2.30. The van der Waals surface area contributed by atoms with E-state index in [1.54, 1.807) is 24.3 Å². The van der Waals surface area contributed by atoms with Gasteiger partial charge in [-0.2, -0.15) is 0 Å². The Morgan fingerprint density at radius 3 is 2.70 bits per heavy atom. The van der Waals surface area contributed by atoms with Gasteiger partial charge in [-0.3, -0.25) is 4.79 Å². The minimum absolute atomic E-state index is 0.0288. The van der Waals surface area contributed by atoms with Crippen LogP contribution in [0.1, 0.15) is 34.3 Å². The maximum absolute atomic E-state index is 12.1. The van der Waals surface area contributed by atoms with Gasteiger partial charge in [0.15, 0.2) is 0 Å². The average molecular weight is 273 g/mol. The first-order valence-corrected chi connectivity index (χ1v) is 6.56. The van der Waals surface area contributed by atoms with Crippen LogP contribution >= 0.6 is 0 Å². The molecule has 0 bridgehead atoms. The summed E-state index contributed by atoms with van der Waals surface area (Å²) in [5.41, 5.74) is 8.68. The lowest BCUT2D eigenvalue weighted by Crippen LogP contribution is -2.34. The molecule has 20 heavy (non-hydrogen) atoms. The summed E-state index contributed by atoms with van der Waals surface area (Å²) in [7, 11) is 0. The lowest BCUT2D eigenvalue weighted by atomic mass is 10.1. The molecule has 0 fully saturated rings. The SMILES string of the molecule is Cc1noc(C)c1CC(C)NC(=O)c1ccccc1N. The number of nitrogens with two attached hydrogens (primary N) is 1. The molecule has 0 spiro atoms. The molecule has 0 aliphatic carbocycles. The first-order valence-electron chi connectivity index (χ1n) is 6.56. The fraction of sp³-hybridized carbons (Fsp3) is 0.333. The van der Waals surface area contributed by atoms with E-state index >= 15 is 0 Å². The predicted molar refractivity (Wildman–Crippen MR) is 77.5 cm³/mol. The second-order valence-electron chi connectivity index (χ2n) is 4.97. The largest absolute Gasteiger partial charge is 0.398 e. The number of anilines is 1. The number of carbonyl (C=O) groups is 1. The number of hydrogen-bond donors (Lipinski definition) is 2. The average Bonchev–Trinajstić information content (AvgIpc) is 2.71. The van der Waals surface area contributed by atoms with E-state index < -0.39 is 0 Å². The summed E-state index contributed by atoms with van der Waals surface area (Å²) >= 11 is 0. The van der Waals surface area contributed by atoms with E-state index in [9.17, 15) is 4.79 Å². The zero-order valence-corrected chi connectivity index (χ0v) is 11.9. The van der Waals surface area contributed by atoms with Crippen molar-refractivity contribution >= 4 is 11.6 Å². The maximum Gasteiger partial charge on any atom is 0.253 e. The van der Waals surface area contributed by atoms with Crippen molar-refractivity contribution in [2.75, 3.05) is 5.73 Å². The summed E-state index contributed by atoms with van der Waals surface area (Å²) in [6.07, 6.45) is 0.680. The monoisotopic (exact) mass is 273 g/mol. The van der Waals surface area contributed by atoms with Gasteiger partial charge in [0.1, 0.15) is 5.76 Å². The summed E-state index contributed by atoms with van der Waals surface area (Å²) in [6, 6.07) is 7.00. The van der Waals surface area contributed by atoms with Crippen molar-refractivity contribution in [3.8, 4) is 0 Å². The second-order valence-corrected chi connectivity index (χ2v) is 4.97. The Morgan fingerprint density at radius 1 is 1.40 bits per heavy atom. The van der Waals surface area contributed by atoms with Crippen LogP contribution in [0.2, 0.25) is 0 Å². The number of nitrogen functional groups attached to an aromatic ring is 1. The van der Waals surface area contributed by atoms with E-state index in [0.717, 1.165) is 17.0 Å². The number of carbonyl (C=O) groups excluding carboxylic acids is 1. The van der Waals surface area contributed by atoms with E-state index in [-0.39, 0.29) is 11.9 Å². The fourth-order valence-electron chi connectivity index (χ4n) is 2.16. The molecule has 1 amide bonds. The van der Waals surface area contributed by atoms with Gasteiger partial charge in [0.2, 0.25) is 0 Å². The van der Waals surface area contributed by atoms with Gasteiger partial charge in [0.05, 0.1) is 11.3 Å². The number of hydrogen-bond acceptors (Lipinski definition) is 4. The molecule has 0 aliphatic rings. The van der Waals surface area contributed by atoms with Crippen molar-refractivity contribution < 1.29 is 9.32 Å². The van der Waals surface area contributed by atoms with Crippen LogP contribution in [-0.4, -0.2) is 17.1 Å². The van der Waals surface area contributed by atoms with Crippen LogP contribution < -0.4 is 11.1 Å². The molecule has 1 atom stereocenters. The standard InChI is InChI=1S/C15H19N3O2/c1-9(8-13-10(2)18-20-11(13)3)17-15(19)12-6-4-5-7-14(12)16/h4-7,9H,8,16H2,1-3H3,(H,17,19). The Bertz CT molecular complexity index is 600. The van der Waals surface area contributed by atoms with Gasteiger partial charge in [0.25, 0.3) is 5.91 Å². The van der Waals surface area contributed by atoms with Gasteiger partial charge in [-0.1, -0.05) is 17.3 Å². The third kappa shape index (κ3) is 2.99. The van der Waals surface area contributed by atoms with Gasteiger partial charge in [0, 0.05) is 17.3 Å². The van der Waals surface area contributed by atoms with Crippen LogP contribution in [0.4, 0.5) is 5.69 Å². The molecule has 106 valence electrons. The Labute approximate surface area is 118 Å². The highest BCUT2D eigenvalue weighted by molar-refractivity contribution is 5.99. The Morgan fingerprint density at radius 2 is 2.10 bits per heavy atom. The minimum atomic E-state index is -0.164. The van der Waals surface area contributed by atoms with Gasteiger partial charge in [-0.25, -0.2) is 0 Å². The second kappa shape index (κ2) is 5.77. The minimum Gasteiger partial charge on any atom is -0.398 e. The van der Waals surface area contributed by atoms with Crippen LogP contribution in [0.25, 0.3) is 0 Å². The van der Waals surface area contributed by atoms with Crippen molar-refractivity contribution in [3.63, 3.8) is 0 Å². The van der Waals surface area contributed by atoms with Gasteiger partial charge < -0.3 is 15.6 Å². The van der Waals surface area contributed by atoms with Crippen molar-refractivity contribution in [1.82, 2.24) is 10.5 Å². The van der Waals surface area contributed by atoms with E-state index in [1.165, 1.54) is 0 Å². The van der Waals surface area contributed by atoms with E-state index in [2.05, 4.69) is 10.5 Å². The predicted octanol–water partition coefficient (Wildman–Crippen LogP) is 2.23. The van der Waals surface area contributed by atoms with Crippen molar-refractivity contribution in [1.29, 1.82) is 0 Å². The number of para-hydroxylation sites is 1. The molecule has 1 aromatic carbocycles. The van der Waals surface area contributed by atoms with Gasteiger partial charge >= 0.3 is 0 Å². The molecule has 2 aromatic rings. The van der Waals surface area contributed by atoms with E-state index in [0.29, 0.717) is 17.7 Å². The molecule has 5 heteroatoms. The highest BCUT2D eigenvalue weighted by Gasteiger charge is 2.16. The van der Waals surface area contributed by atoms with Crippen molar-refractivity contribution in [2.24, 2.45) is 0 Å². The molecular weight excluding hydrogens is 254 g/mol. The number of benzene rings is 1. The molecule has 5 nitrogen and oxygen atoms in total. The lowest BCUT2D eigenvalue weighted by molar-refractivity contribution is 0.0941. The highest BCUT2D eigenvalue weighted by atomic mass is 16.5. The fourth-order valence-corrected chi connectivity index (χ4v) is 2.16. The molecular formula is C15H19N3O2. The summed E-state index contributed by atoms with van der Waals surface area (Å²) in [6.45, 7) is 5.72. The zero-order chi connectivity index (χ0) is 14.7. The van der Waals surface area contributed by atoms with Crippen molar-refractivity contribution in [3.05, 3.63) is 46.8 Å². The van der Waals surface area contributed by atoms with Crippen LogP contribution in [-0.2, 0) is 6.42 Å². The number of aryl methyl sites for hydroxylation is 2. The summed E-state index contributed by atoms with van der Waals surface area (Å²) in [5.74, 6) is 0.630. The van der Waals surface area contributed by atoms with Crippen LogP contribution in [0.15, 0.2) is 28.8 Å². The maximum atomic E-state index is 12.1. The summed E-state index contributed by atoms with van der Waals surface area (Å²) < 4.78 is 5.12. The molecule has 0 aliphatic heterocycles. The first-order chi connectivity index (χ1) is 9.49. The normalized spacial score (nSPS) is 12.2. The van der Waals surface area contributed by atoms with E-state index in [4.69, 9.17) is 10.3 Å². The highest BCUT2D eigenvalue weighted by Crippen LogP contribution is 2.15. The molecule has 2 rings (SSSR count). The van der Waals surface area contributed by atoms with E-state index in [1.807, 2.05) is 20.8 Å². The molecule has 0 saturated carbocycles. The molecule has 1 unspecified atom stereocenters. The Balaban J connectivity index is 2.04. The molecule has 0 saturated heterocycles. The molecule has 0 radical (unpaired) electrons. The number of nitrogens with zero attached hydrogens (tertiary/aromatic N) is 1. The van der Waals surface area contributed by atoms with Crippen LogP contribution in [0.3, 0.4) is 0 Å². The molecule has 1 aromatic heterocycles. The third-order valence-corrected chi connectivity index (χ3v) is 3.27. The topological polar surface area (TPSA) is 81.2 Å². The number of rotatable bonds is 4. The number of amides is 1. The van der Waals surface area contributed by atoms with Crippen LogP contribution in [0, 0.1) is 13.8 Å². The van der Waals surface area contributed by atoms with Gasteiger partial charge in [-0.15, -0.1) is 0 Å². The summed E-state index contributed by atoms with van der Waals surface area (Å²) in [4.78, 5) is 12.1. The van der Waals surface area contributed by atoms with Crippen molar-refractivity contribution in [2.45, 2.75) is 33.2 Å². The third-order valence-electron chi connectivity index (χ3n) is 3.27. The first kappa shape index (κ1) is 14.1. The zero-order valence-electron chi connectivity index (χ0n) is 11.9.